The fraction of sp³-hybridized carbons (Fsp3) is 0.545. The molecular weight excluding hydrogens is 164 g/mol. The van der Waals surface area contributed by atoms with E-state index in [1.54, 1.807) is 0 Å². The van der Waals surface area contributed by atoms with Gasteiger partial charge >= 0.3 is 5.97 Å². The van der Waals surface area contributed by atoms with Gasteiger partial charge in [-0.3, -0.25) is 4.79 Å². The van der Waals surface area contributed by atoms with E-state index < -0.39 is 5.97 Å². The van der Waals surface area contributed by atoms with Gasteiger partial charge in [-0.2, -0.15) is 0 Å². The predicted octanol–water partition coefficient (Wildman–Crippen LogP) is 3.15. The smallest absolute Gasteiger partial charge is 0.303 e. The highest BCUT2D eigenvalue weighted by molar-refractivity contribution is 5.66. The Kier molecular flexibility index (Phi) is 8.31. The largest absolute Gasteiger partial charge is 0.481 e. The van der Waals surface area contributed by atoms with Crippen LogP contribution in [0.2, 0.25) is 0 Å². The minimum Gasteiger partial charge on any atom is -0.481 e. The summed E-state index contributed by atoms with van der Waals surface area (Å²) in [7, 11) is 0. The van der Waals surface area contributed by atoms with Gasteiger partial charge in [0.2, 0.25) is 0 Å². The average molecular weight is 182 g/mol. The third-order valence-corrected chi connectivity index (χ3v) is 1.59. The summed E-state index contributed by atoms with van der Waals surface area (Å²) in [5.74, 6) is -0.730. The molecule has 0 aliphatic carbocycles. The molecule has 0 fully saturated rings. The van der Waals surface area contributed by atoms with Crippen LogP contribution in [0.15, 0.2) is 24.3 Å². The minimum atomic E-state index is -0.730. The van der Waals surface area contributed by atoms with Crippen molar-refractivity contribution in [3.63, 3.8) is 0 Å². The summed E-state index contributed by atoms with van der Waals surface area (Å²) >= 11 is 0. The summed E-state index contributed by atoms with van der Waals surface area (Å²) in [6.07, 6.45) is 12.3. The molecule has 1 N–H and O–H groups in total. The number of unbranched alkanes of at least 4 members (excludes halogenated alkanes) is 1. The number of rotatable bonds is 7. The fourth-order valence-corrected chi connectivity index (χ4v) is 0.880. The summed E-state index contributed by atoms with van der Waals surface area (Å²) in [5.41, 5.74) is 0. The quantitative estimate of drug-likeness (QED) is 0.614. The molecule has 0 unspecified atom stereocenters. The van der Waals surface area contributed by atoms with Gasteiger partial charge in [0.25, 0.3) is 0 Å². The van der Waals surface area contributed by atoms with E-state index in [1.165, 1.54) is 6.42 Å². The maximum absolute atomic E-state index is 10.1. The van der Waals surface area contributed by atoms with Crippen molar-refractivity contribution >= 4 is 5.97 Å². The first-order chi connectivity index (χ1) is 6.27. The SMILES string of the molecule is CCC/C=C\C/C=C\CCC(=O)O. The van der Waals surface area contributed by atoms with Crippen LogP contribution in [0.3, 0.4) is 0 Å². The Bertz CT molecular complexity index is 181. The van der Waals surface area contributed by atoms with Crippen LogP contribution >= 0.6 is 0 Å². The zero-order valence-electron chi connectivity index (χ0n) is 8.20. The Hall–Kier alpha value is -1.05. The van der Waals surface area contributed by atoms with Gasteiger partial charge in [0, 0.05) is 6.42 Å². The maximum atomic E-state index is 10.1. The summed E-state index contributed by atoms with van der Waals surface area (Å²) in [4.78, 5) is 10.1. The first-order valence-corrected chi connectivity index (χ1v) is 4.79. The van der Waals surface area contributed by atoms with Crippen LogP contribution in [0.25, 0.3) is 0 Å². The first kappa shape index (κ1) is 11.9. The van der Waals surface area contributed by atoms with Crippen LogP contribution in [0.1, 0.15) is 39.0 Å². The average Bonchev–Trinajstić information content (AvgIpc) is 2.09. The molecule has 0 amide bonds. The van der Waals surface area contributed by atoms with Crippen molar-refractivity contribution < 1.29 is 9.90 Å². The van der Waals surface area contributed by atoms with E-state index >= 15 is 0 Å². The Balaban J connectivity index is 3.26. The van der Waals surface area contributed by atoms with Gasteiger partial charge in [0.05, 0.1) is 0 Å². The molecule has 0 aliphatic rings. The van der Waals surface area contributed by atoms with Gasteiger partial charge in [-0.25, -0.2) is 0 Å². The van der Waals surface area contributed by atoms with Crippen LogP contribution in [-0.4, -0.2) is 11.1 Å². The molecule has 0 saturated carbocycles. The third-order valence-electron chi connectivity index (χ3n) is 1.59. The van der Waals surface area contributed by atoms with Crippen LogP contribution in [0.5, 0.6) is 0 Å². The topological polar surface area (TPSA) is 37.3 Å². The second-order valence-corrected chi connectivity index (χ2v) is 2.90. The van der Waals surface area contributed by atoms with E-state index in [0.717, 1.165) is 12.8 Å². The lowest BCUT2D eigenvalue weighted by Crippen LogP contribution is -1.91. The van der Waals surface area contributed by atoms with Crippen LogP contribution in [0, 0.1) is 0 Å². The summed E-state index contributed by atoms with van der Waals surface area (Å²) in [5, 5.41) is 8.34. The van der Waals surface area contributed by atoms with Crippen molar-refractivity contribution in [2.45, 2.75) is 39.0 Å². The molecule has 0 atom stereocenters. The summed E-state index contributed by atoms with van der Waals surface area (Å²) < 4.78 is 0. The van der Waals surface area contributed by atoms with Crippen LogP contribution in [0.4, 0.5) is 0 Å². The highest BCUT2D eigenvalue weighted by atomic mass is 16.4. The van der Waals surface area contributed by atoms with Gasteiger partial charge in [-0.1, -0.05) is 37.6 Å². The van der Waals surface area contributed by atoms with Crippen molar-refractivity contribution in [3.05, 3.63) is 24.3 Å². The molecule has 0 heterocycles. The normalized spacial score (nSPS) is 11.5. The second kappa shape index (κ2) is 9.04. The Morgan fingerprint density at radius 2 is 1.77 bits per heavy atom. The number of carbonyl (C=O) groups is 1. The predicted molar refractivity (Wildman–Crippen MR) is 54.7 cm³/mol. The molecule has 0 spiro atoms. The summed E-state index contributed by atoms with van der Waals surface area (Å²) in [6, 6.07) is 0. The molecule has 0 bridgehead atoms. The Labute approximate surface area is 80.0 Å². The lowest BCUT2D eigenvalue weighted by molar-refractivity contribution is -0.136. The maximum Gasteiger partial charge on any atom is 0.303 e. The van der Waals surface area contributed by atoms with Crippen molar-refractivity contribution in [2.75, 3.05) is 0 Å². The van der Waals surface area contributed by atoms with Crippen molar-refractivity contribution in [1.29, 1.82) is 0 Å². The van der Waals surface area contributed by atoms with Crippen molar-refractivity contribution in [1.82, 2.24) is 0 Å². The number of carboxylic acid groups (broad SMARTS) is 1. The molecule has 0 aliphatic heterocycles. The standard InChI is InChI=1S/C11H18O2/c1-2-3-4-5-6-7-8-9-10-11(12)13/h4-5,7-8H,2-3,6,9-10H2,1H3,(H,12,13)/b5-4-,8-7-. The lowest BCUT2D eigenvalue weighted by Gasteiger charge is -1.87. The van der Waals surface area contributed by atoms with Crippen molar-refractivity contribution in [2.24, 2.45) is 0 Å². The van der Waals surface area contributed by atoms with E-state index in [1.807, 2.05) is 12.2 Å². The number of hydrogen-bond acceptors (Lipinski definition) is 1. The molecule has 0 aromatic carbocycles. The van der Waals surface area contributed by atoms with Gasteiger partial charge in [0.1, 0.15) is 0 Å². The number of hydrogen-bond donors (Lipinski definition) is 1. The second-order valence-electron chi connectivity index (χ2n) is 2.90. The van der Waals surface area contributed by atoms with Crippen molar-refractivity contribution in [3.8, 4) is 0 Å². The molecule has 74 valence electrons. The summed E-state index contributed by atoms with van der Waals surface area (Å²) in [6.45, 7) is 2.15. The Morgan fingerprint density at radius 1 is 1.15 bits per heavy atom. The van der Waals surface area contributed by atoms with E-state index in [0.29, 0.717) is 6.42 Å². The molecule has 2 nitrogen and oxygen atoms in total. The van der Waals surface area contributed by atoms with E-state index in [-0.39, 0.29) is 6.42 Å². The van der Waals surface area contributed by atoms with E-state index in [2.05, 4.69) is 19.1 Å². The monoisotopic (exact) mass is 182 g/mol. The molecule has 13 heavy (non-hydrogen) atoms. The van der Waals surface area contributed by atoms with Gasteiger partial charge in [-0.15, -0.1) is 0 Å². The van der Waals surface area contributed by atoms with Gasteiger partial charge in [0.15, 0.2) is 0 Å². The number of allylic oxidation sites excluding steroid dienone is 4. The zero-order valence-corrected chi connectivity index (χ0v) is 8.20. The highest BCUT2D eigenvalue weighted by Crippen LogP contribution is 1.95. The zero-order chi connectivity index (χ0) is 9.94. The minimum absolute atomic E-state index is 0.231. The molecule has 2 heteroatoms. The number of carboxylic acids is 1. The van der Waals surface area contributed by atoms with E-state index in [4.69, 9.17) is 5.11 Å². The molecule has 0 aromatic heterocycles. The number of aliphatic carboxylic acids is 1. The molecule has 0 aromatic rings. The molecule has 0 rings (SSSR count). The van der Waals surface area contributed by atoms with Crippen LogP contribution in [-0.2, 0) is 4.79 Å². The molecule has 0 saturated heterocycles. The third kappa shape index (κ3) is 10.9. The molecular formula is C11H18O2. The van der Waals surface area contributed by atoms with E-state index in [9.17, 15) is 4.79 Å². The highest BCUT2D eigenvalue weighted by Gasteiger charge is 1.90. The van der Waals surface area contributed by atoms with Gasteiger partial charge in [-0.05, 0) is 19.3 Å². The Morgan fingerprint density at radius 3 is 2.31 bits per heavy atom. The fourth-order valence-electron chi connectivity index (χ4n) is 0.880. The molecule has 0 radical (unpaired) electrons. The first-order valence-electron chi connectivity index (χ1n) is 4.79. The lowest BCUT2D eigenvalue weighted by atomic mass is 10.2. The van der Waals surface area contributed by atoms with Crippen LogP contribution < -0.4 is 0 Å². The van der Waals surface area contributed by atoms with Gasteiger partial charge < -0.3 is 5.11 Å².